The predicted octanol–water partition coefficient (Wildman–Crippen LogP) is -0.698. The summed E-state index contributed by atoms with van der Waals surface area (Å²) < 4.78 is 0. The third-order valence-corrected chi connectivity index (χ3v) is 3.62. The van der Waals surface area contributed by atoms with Crippen LogP contribution in [-0.4, -0.2) is 65.0 Å². The molecule has 0 atom stereocenters. The Hall–Kier alpha value is -1.63. The number of nitrogens with zero attached hydrogens (tertiary/aromatic N) is 2. The number of urea groups is 1. The summed E-state index contributed by atoms with van der Waals surface area (Å²) in [6, 6.07) is -0.311. The predicted molar refractivity (Wildman–Crippen MR) is 66.2 cm³/mol. The van der Waals surface area contributed by atoms with Crippen LogP contribution in [0.5, 0.6) is 0 Å². The molecule has 0 unspecified atom stereocenters. The molecule has 0 aromatic rings. The Morgan fingerprint density at radius 1 is 1.42 bits per heavy atom. The molecule has 7 heteroatoms. The van der Waals surface area contributed by atoms with E-state index in [0.29, 0.717) is 13.0 Å². The highest BCUT2D eigenvalue weighted by Gasteiger charge is 2.34. The third-order valence-electron chi connectivity index (χ3n) is 3.62. The first-order chi connectivity index (χ1) is 9.13. The number of carbonyl (C=O) groups excluding carboxylic acids is 3. The average molecular weight is 269 g/mol. The van der Waals surface area contributed by atoms with E-state index in [2.05, 4.69) is 5.32 Å². The molecule has 0 spiro atoms. The molecular formula is C12H19N3O4. The van der Waals surface area contributed by atoms with Gasteiger partial charge in [-0.3, -0.25) is 14.5 Å². The molecule has 4 amide bonds. The highest BCUT2D eigenvalue weighted by Crippen LogP contribution is 2.25. The zero-order chi connectivity index (χ0) is 13.8. The number of carbonyl (C=O) groups is 3. The van der Waals surface area contributed by atoms with E-state index in [1.54, 1.807) is 4.90 Å². The lowest BCUT2D eigenvalue weighted by atomic mass is 9.91. The highest BCUT2D eigenvalue weighted by atomic mass is 16.3. The fourth-order valence-electron chi connectivity index (χ4n) is 2.29. The zero-order valence-corrected chi connectivity index (χ0v) is 10.8. The van der Waals surface area contributed by atoms with Gasteiger partial charge in [0.15, 0.2) is 0 Å². The molecule has 0 aromatic heterocycles. The van der Waals surface area contributed by atoms with Gasteiger partial charge in [0.05, 0.1) is 6.54 Å². The Balaban J connectivity index is 1.94. The van der Waals surface area contributed by atoms with Gasteiger partial charge >= 0.3 is 6.03 Å². The van der Waals surface area contributed by atoms with Gasteiger partial charge in [-0.05, 0) is 25.7 Å². The Morgan fingerprint density at radius 3 is 2.63 bits per heavy atom. The largest absolute Gasteiger partial charge is 0.396 e. The summed E-state index contributed by atoms with van der Waals surface area (Å²) in [5.41, 5.74) is 0. The molecule has 106 valence electrons. The molecule has 0 radical (unpaired) electrons. The highest BCUT2D eigenvalue weighted by molar-refractivity contribution is 6.04. The summed E-state index contributed by atoms with van der Waals surface area (Å²) >= 11 is 0. The maximum absolute atomic E-state index is 12.2. The minimum absolute atomic E-state index is 0.0274. The molecule has 1 saturated carbocycles. The normalized spacial score (nSPS) is 19.3. The van der Waals surface area contributed by atoms with E-state index >= 15 is 0 Å². The van der Waals surface area contributed by atoms with Crippen molar-refractivity contribution in [2.75, 3.05) is 26.2 Å². The summed E-state index contributed by atoms with van der Waals surface area (Å²) in [5.74, 6) is -0.586. The second kappa shape index (κ2) is 6.01. The molecule has 2 fully saturated rings. The summed E-state index contributed by atoms with van der Waals surface area (Å²) in [7, 11) is 0. The molecule has 2 aliphatic rings. The number of rotatable bonds is 6. The van der Waals surface area contributed by atoms with Crippen molar-refractivity contribution >= 4 is 17.8 Å². The minimum atomic E-state index is -0.505. The maximum Gasteiger partial charge on any atom is 0.325 e. The lowest BCUT2D eigenvalue weighted by Gasteiger charge is -2.38. The first-order valence-electron chi connectivity index (χ1n) is 6.62. The van der Waals surface area contributed by atoms with Gasteiger partial charge < -0.3 is 15.3 Å². The SMILES string of the molecule is O=C1CNC(=O)N1CC(=O)N(CCCO)C1CCC1. The molecule has 1 heterocycles. The zero-order valence-electron chi connectivity index (χ0n) is 10.8. The molecule has 7 nitrogen and oxygen atoms in total. The summed E-state index contributed by atoms with van der Waals surface area (Å²) in [5, 5.41) is 11.3. The first-order valence-corrected chi connectivity index (χ1v) is 6.62. The quantitative estimate of drug-likeness (QED) is 0.624. The van der Waals surface area contributed by atoms with Crippen LogP contribution in [0.1, 0.15) is 25.7 Å². The Morgan fingerprint density at radius 2 is 2.16 bits per heavy atom. The fraction of sp³-hybridized carbons (Fsp3) is 0.750. The van der Waals surface area contributed by atoms with Crippen LogP contribution in [0.3, 0.4) is 0 Å². The molecule has 0 aromatic carbocycles. The van der Waals surface area contributed by atoms with Gasteiger partial charge in [0.25, 0.3) is 5.91 Å². The topological polar surface area (TPSA) is 90.0 Å². The van der Waals surface area contributed by atoms with E-state index in [1.807, 2.05) is 0 Å². The van der Waals surface area contributed by atoms with Gasteiger partial charge in [-0.1, -0.05) is 0 Å². The van der Waals surface area contributed by atoms with Crippen LogP contribution in [-0.2, 0) is 9.59 Å². The van der Waals surface area contributed by atoms with E-state index in [4.69, 9.17) is 5.11 Å². The second-order valence-electron chi connectivity index (χ2n) is 4.89. The monoisotopic (exact) mass is 269 g/mol. The summed E-state index contributed by atoms with van der Waals surface area (Å²) in [6.07, 6.45) is 3.52. The van der Waals surface area contributed by atoms with Crippen LogP contribution in [0.2, 0.25) is 0 Å². The molecular weight excluding hydrogens is 250 g/mol. The van der Waals surface area contributed by atoms with Crippen LogP contribution in [0.15, 0.2) is 0 Å². The first kappa shape index (κ1) is 13.8. The molecule has 0 bridgehead atoms. The number of nitrogens with one attached hydrogen (secondary N) is 1. The van der Waals surface area contributed by atoms with Gasteiger partial charge in [-0.2, -0.15) is 0 Å². The molecule has 2 rings (SSSR count). The van der Waals surface area contributed by atoms with E-state index in [-0.39, 0.29) is 37.6 Å². The van der Waals surface area contributed by atoms with Gasteiger partial charge in [-0.15, -0.1) is 0 Å². The van der Waals surface area contributed by atoms with Crippen LogP contribution in [0, 0.1) is 0 Å². The molecule has 1 aliphatic carbocycles. The fourth-order valence-corrected chi connectivity index (χ4v) is 2.29. The van der Waals surface area contributed by atoms with Crippen LogP contribution in [0.25, 0.3) is 0 Å². The van der Waals surface area contributed by atoms with Gasteiger partial charge in [0.1, 0.15) is 6.54 Å². The number of hydrogen-bond acceptors (Lipinski definition) is 4. The average Bonchev–Trinajstić information content (AvgIpc) is 2.63. The van der Waals surface area contributed by atoms with Crippen LogP contribution >= 0.6 is 0 Å². The summed E-state index contributed by atoms with van der Waals surface area (Å²) in [4.78, 5) is 37.7. The van der Waals surface area contributed by atoms with E-state index in [0.717, 1.165) is 24.2 Å². The van der Waals surface area contributed by atoms with Crippen molar-refractivity contribution in [2.45, 2.75) is 31.7 Å². The van der Waals surface area contributed by atoms with Crippen molar-refractivity contribution in [2.24, 2.45) is 0 Å². The molecule has 1 saturated heterocycles. The number of aliphatic hydroxyl groups excluding tert-OH is 1. The van der Waals surface area contributed by atoms with Gasteiger partial charge in [0.2, 0.25) is 5.91 Å². The second-order valence-corrected chi connectivity index (χ2v) is 4.89. The summed E-state index contributed by atoms with van der Waals surface area (Å²) in [6.45, 7) is 0.266. The Kier molecular flexibility index (Phi) is 4.36. The van der Waals surface area contributed by atoms with Crippen molar-refractivity contribution in [1.29, 1.82) is 0 Å². The van der Waals surface area contributed by atoms with Crippen molar-refractivity contribution in [1.82, 2.24) is 15.1 Å². The molecule has 1 aliphatic heterocycles. The van der Waals surface area contributed by atoms with Crippen molar-refractivity contribution < 1.29 is 19.5 Å². The van der Waals surface area contributed by atoms with E-state index in [1.165, 1.54) is 0 Å². The Bertz CT molecular complexity index is 365. The van der Waals surface area contributed by atoms with E-state index in [9.17, 15) is 14.4 Å². The minimum Gasteiger partial charge on any atom is -0.396 e. The third kappa shape index (κ3) is 3.04. The maximum atomic E-state index is 12.2. The van der Waals surface area contributed by atoms with Crippen molar-refractivity contribution in [3.8, 4) is 0 Å². The van der Waals surface area contributed by atoms with Crippen molar-refractivity contribution in [3.05, 3.63) is 0 Å². The standard InChI is InChI=1S/C12H19N3O4/c16-6-2-5-14(9-3-1-4-9)11(18)8-15-10(17)7-13-12(15)19/h9,16H,1-8H2,(H,13,19). The van der Waals surface area contributed by atoms with Crippen LogP contribution in [0.4, 0.5) is 4.79 Å². The van der Waals surface area contributed by atoms with Crippen molar-refractivity contribution in [3.63, 3.8) is 0 Å². The van der Waals surface area contributed by atoms with E-state index < -0.39 is 6.03 Å². The number of imide groups is 1. The number of amides is 4. The smallest absolute Gasteiger partial charge is 0.325 e. The molecule has 2 N–H and O–H groups in total. The number of aliphatic hydroxyl groups is 1. The van der Waals surface area contributed by atoms with Gasteiger partial charge in [-0.25, -0.2) is 4.79 Å². The lowest BCUT2D eigenvalue weighted by Crippen LogP contribution is -2.50. The molecule has 19 heavy (non-hydrogen) atoms. The Labute approximate surface area is 111 Å². The van der Waals surface area contributed by atoms with Crippen LogP contribution < -0.4 is 5.32 Å². The lowest BCUT2D eigenvalue weighted by molar-refractivity contribution is -0.139. The van der Waals surface area contributed by atoms with Gasteiger partial charge in [0, 0.05) is 19.2 Å². The number of hydrogen-bond donors (Lipinski definition) is 2.